The highest BCUT2D eigenvalue weighted by atomic mass is 16.5. The number of carbonyl (C=O) groups excluding carboxylic acids is 1. The zero-order chi connectivity index (χ0) is 11.5. The van der Waals surface area contributed by atoms with Gasteiger partial charge in [-0.3, -0.25) is 4.79 Å². The Morgan fingerprint density at radius 1 is 1.47 bits per heavy atom. The van der Waals surface area contributed by atoms with Gasteiger partial charge in [-0.05, 0) is 19.8 Å². The average Bonchev–Trinajstić information content (AvgIpc) is 2.20. The molecular formula is C11H24N2O2. The smallest absolute Gasteiger partial charge is 0.220 e. The second-order valence-corrected chi connectivity index (χ2v) is 3.83. The third-order valence-corrected chi connectivity index (χ3v) is 2.04. The van der Waals surface area contributed by atoms with Crippen molar-refractivity contribution >= 4 is 5.91 Å². The first-order chi connectivity index (χ1) is 7.16. The van der Waals surface area contributed by atoms with Crippen LogP contribution in [0.15, 0.2) is 0 Å². The lowest BCUT2D eigenvalue weighted by atomic mass is 10.2. The molecule has 0 aliphatic heterocycles. The number of amides is 1. The summed E-state index contributed by atoms with van der Waals surface area (Å²) in [6.07, 6.45) is 3.47. The van der Waals surface area contributed by atoms with E-state index in [1.54, 1.807) is 0 Å². The maximum absolute atomic E-state index is 11.2. The molecule has 0 bridgehead atoms. The standard InChI is InChI=1S/C11H24N2O2/c1-3-4-8-15-9-7-13-11(14)6-5-10(2)12/h10H,3-9,12H2,1-2H3,(H,13,14). The average molecular weight is 216 g/mol. The minimum Gasteiger partial charge on any atom is -0.380 e. The molecule has 0 saturated carbocycles. The molecule has 15 heavy (non-hydrogen) atoms. The van der Waals surface area contributed by atoms with E-state index >= 15 is 0 Å². The Labute approximate surface area is 92.6 Å². The molecule has 0 aromatic rings. The summed E-state index contributed by atoms with van der Waals surface area (Å²) >= 11 is 0. The molecule has 0 spiro atoms. The summed E-state index contributed by atoms with van der Waals surface area (Å²) in [6.45, 7) is 6.01. The molecule has 1 atom stereocenters. The fourth-order valence-electron chi connectivity index (χ4n) is 1.06. The van der Waals surface area contributed by atoms with Crippen LogP contribution in [0, 0.1) is 0 Å². The van der Waals surface area contributed by atoms with Crippen LogP contribution < -0.4 is 11.1 Å². The molecule has 0 heterocycles. The highest BCUT2D eigenvalue weighted by molar-refractivity contribution is 5.75. The van der Waals surface area contributed by atoms with Crippen LogP contribution in [-0.2, 0) is 9.53 Å². The van der Waals surface area contributed by atoms with Crippen LogP contribution >= 0.6 is 0 Å². The van der Waals surface area contributed by atoms with Crippen molar-refractivity contribution in [2.45, 2.75) is 45.6 Å². The molecule has 0 rings (SSSR count). The lowest BCUT2D eigenvalue weighted by Gasteiger charge is -2.07. The summed E-state index contributed by atoms with van der Waals surface area (Å²) in [7, 11) is 0. The van der Waals surface area contributed by atoms with E-state index < -0.39 is 0 Å². The molecule has 4 nitrogen and oxygen atoms in total. The van der Waals surface area contributed by atoms with Crippen molar-refractivity contribution in [3.05, 3.63) is 0 Å². The van der Waals surface area contributed by atoms with Crippen LogP contribution in [0.25, 0.3) is 0 Å². The molecular weight excluding hydrogens is 192 g/mol. The number of unbranched alkanes of at least 4 members (excludes halogenated alkanes) is 1. The number of rotatable bonds is 9. The van der Waals surface area contributed by atoms with Gasteiger partial charge in [0, 0.05) is 25.6 Å². The van der Waals surface area contributed by atoms with Crippen LogP contribution in [-0.4, -0.2) is 31.7 Å². The fourth-order valence-corrected chi connectivity index (χ4v) is 1.06. The minimum absolute atomic E-state index is 0.0615. The van der Waals surface area contributed by atoms with Gasteiger partial charge in [0.05, 0.1) is 6.61 Å². The van der Waals surface area contributed by atoms with Crippen molar-refractivity contribution in [3.8, 4) is 0 Å². The van der Waals surface area contributed by atoms with E-state index in [1.807, 2.05) is 6.92 Å². The van der Waals surface area contributed by atoms with Gasteiger partial charge in [-0.15, -0.1) is 0 Å². The van der Waals surface area contributed by atoms with E-state index in [1.165, 1.54) is 0 Å². The van der Waals surface area contributed by atoms with Crippen molar-refractivity contribution in [2.24, 2.45) is 5.73 Å². The summed E-state index contributed by atoms with van der Waals surface area (Å²) in [5, 5.41) is 2.80. The fraction of sp³-hybridized carbons (Fsp3) is 0.909. The van der Waals surface area contributed by atoms with Crippen LogP contribution in [0.2, 0.25) is 0 Å². The first-order valence-corrected chi connectivity index (χ1v) is 5.76. The number of nitrogens with one attached hydrogen (secondary N) is 1. The van der Waals surface area contributed by atoms with E-state index in [4.69, 9.17) is 10.5 Å². The predicted octanol–water partition coefficient (Wildman–Crippen LogP) is 1.05. The Hall–Kier alpha value is -0.610. The molecule has 0 aliphatic carbocycles. The van der Waals surface area contributed by atoms with Gasteiger partial charge >= 0.3 is 0 Å². The number of nitrogens with two attached hydrogens (primary N) is 1. The van der Waals surface area contributed by atoms with Gasteiger partial charge in [0.15, 0.2) is 0 Å². The van der Waals surface area contributed by atoms with E-state index in [0.717, 1.165) is 25.9 Å². The number of hydrogen-bond acceptors (Lipinski definition) is 3. The molecule has 0 saturated heterocycles. The minimum atomic E-state index is 0.0615. The van der Waals surface area contributed by atoms with E-state index in [2.05, 4.69) is 12.2 Å². The molecule has 90 valence electrons. The maximum atomic E-state index is 11.2. The van der Waals surface area contributed by atoms with Crippen LogP contribution in [0.4, 0.5) is 0 Å². The zero-order valence-corrected chi connectivity index (χ0v) is 9.92. The molecule has 3 N–H and O–H groups in total. The number of hydrogen-bond donors (Lipinski definition) is 2. The first kappa shape index (κ1) is 14.4. The molecule has 0 aromatic carbocycles. The predicted molar refractivity (Wildman–Crippen MR) is 61.6 cm³/mol. The van der Waals surface area contributed by atoms with Crippen LogP contribution in [0.3, 0.4) is 0 Å². The third-order valence-electron chi connectivity index (χ3n) is 2.04. The largest absolute Gasteiger partial charge is 0.380 e. The normalized spacial score (nSPS) is 12.5. The molecule has 4 heteroatoms. The highest BCUT2D eigenvalue weighted by Crippen LogP contribution is 1.92. The van der Waals surface area contributed by atoms with Crippen molar-refractivity contribution in [1.29, 1.82) is 0 Å². The lowest BCUT2D eigenvalue weighted by Crippen LogP contribution is -2.28. The van der Waals surface area contributed by atoms with E-state index in [-0.39, 0.29) is 11.9 Å². The van der Waals surface area contributed by atoms with E-state index in [0.29, 0.717) is 19.6 Å². The third kappa shape index (κ3) is 11.3. The summed E-state index contributed by atoms with van der Waals surface area (Å²) in [4.78, 5) is 11.2. The molecule has 1 unspecified atom stereocenters. The molecule has 0 aromatic heterocycles. The first-order valence-electron chi connectivity index (χ1n) is 5.76. The van der Waals surface area contributed by atoms with Gasteiger partial charge < -0.3 is 15.8 Å². The monoisotopic (exact) mass is 216 g/mol. The topological polar surface area (TPSA) is 64.3 Å². The van der Waals surface area contributed by atoms with Crippen molar-refractivity contribution in [2.75, 3.05) is 19.8 Å². The number of carbonyl (C=O) groups is 1. The summed E-state index contributed by atoms with van der Waals surface area (Å²) < 4.78 is 5.31. The summed E-state index contributed by atoms with van der Waals surface area (Å²) in [5.41, 5.74) is 5.55. The highest BCUT2D eigenvalue weighted by Gasteiger charge is 2.02. The SMILES string of the molecule is CCCCOCCNC(=O)CCC(C)N. The second kappa shape index (κ2) is 9.93. The van der Waals surface area contributed by atoms with Gasteiger partial charge in [0.2, 0.25) is 5.91 Å². The van der Waals surface area contributed by atoms with Crippen molar-refractivity contribution < 1.29 is 9.53 Å². The number of ether oxygens (including phenoxy) is 1. The Kier molecular flexibility index (Phi) is 9.52. The quantitative estimate of drug-likeness (QED) is 0.566. The Bertz CT molecular complexity index is 161. The van der Waals surface area contributed by atoms with Crippen LogP contribution in [0.5, 0.6) is 0 Å². The van der Waals surface area contributed by atoms with Gasteiger partial charge in [-0.25, -0.2) is 0 Å². The summed E-state index contributed by atoms with van der Waals surface area (Å²) in [5.74, 6) is 0.0615. The lowest BCUT2D eigenvalue weighted by molar-refractivity contribution is -0.121. The maximum Gasteiger partial charge on any atom is 0.220 e. The van der Waals surface area contributed by atoms with Crippen molar-refractivity contribution in [1.82, 2.24) is 5.32 Å². The second-order valence-electron chi connectivity index (χ2n) is 3.83. The Morgan fingerprint density at radius 3 is 2.80 bits per heavy atom. The molecule has 1 amide bonds. The van der Waals surface area contributed by atoms with Gasteiger partial charge in [0.25, 0.3) is 0 Å². The zero-order valence-electron chi connectivity index (χ0n) is 9.92. The Morgan fingerprint density at radius 2 is 2.20 bits per heavy atom. The van der Waals surface area contributed by atoms with Crippen LogP contribution in [0.1, 0.15) is 39.5 Å². The van der Waals surface area contributed by atoms with Gasteiger partial charge in [-0.1, -0.05) is 13.3 Å². The summed E-state index contributed by atoms with van der Waals surface area (Å²) in [6, 6.07) is 0.0940. The van der Waals surface area contributed by atoms with Crippen molar-refractivity contribution in [3.63, 3.8) is 0 Å². The molecule has 0 fully saturated rings. The Balaban J connectivity index is 3.17. The molecule has 0 aliphatic rings. The van der Waals surface area contributed by atoms with Gasteiger partial charge in [-0.2, -0.15) is 0 Å². The van der Waals surface area contributed by atoms with E-state index in [9.17, 15) is 4.79 Å². The van der Waals surface area contributed by atoms with Gasteiger partial charge in [0.1, 0.15) is 0 Å². The molecule has 0 radical (unpaired) electrons.